The van der Waals surface area contributed by atoms with E-state index in [9.17, 15) is 0 Å². The number of likely N-dealkylation sites (tertiary alicyclic amines) is 1. The van der Waals surface area contributed by atoms with Crippen molar-refractivity contribution in [2.75, 3.05) is 40.3 Å². The molecule has 1 saturated heterocycles. The zero-order chi connectivity index (χ0) is 17.4. The van der Waals surface area contributed by atoms with E-state index in [-0.39, 0.29) is 0 Å². The highest BCUT2D eigenvalue weighted by atomic mass is 15.2. The molecule has 5 heteroatoms. The van der Waals surface area contributed by atoms with Crippen molar-refractivity contribution in [1.29, 1.82) is 0 Å². The van der Waals surface area contributed by atoms with E-state index in [0.717, 1.165) is 19.5 Å². The van der Waals surface area contributed by atoms with Crippen molar-refractivity contribution < 1.29 is 0 Å². The normalized spacial score (nSPS) is 20.5. The number of likely N-dealkylation sites (N-methyl/N-ethyl adjacent to an activating group) is 2. The lowest BCUT2D eigenvalue weighted by Crippen LogP contribution is -2.43. The summed E-state index contributed by atoms with van der Waals surface area (Å²) in [5.74, 6) is 0.567. The van der Waals surface area contributed by atoms with Crippen LogP contribution in [0.15, 0.2) is 35.3 Å². The lowest BCUT2D eigenvalue weighted by Gasteiger charge is -2.24. The fraction of sp³-hybridized carbons (Fsp3) is 0.632. The Bertz CT molecular complexity index is 500. The van der Waals surface area contributed by atoms with Crippen LogP contribution < -0.4 is 11.1 Å². The second-order valence-electron chi connectivity index (χ2n) is 6.84. The molecule has 0 aliphatic carbocycles. The first kappa shape index (κ1) is 18.7. The van der Waals surface area contributed by atoms with Crippen LogP contribution in [0.2, 0.25) is 0 Å². The first-order valence-electron chi connectivity index (χ1n) is 9.08. The number of guanidine groups is 1. The number of hydrogen-bond donors (Lipinski definition) is 2. The average molecular weight is 332 g/mol. The molecule has 1 fully saturated rings. The maximum atomic E-state index is 6.08. The molecule has 134 valence electrons. The van der Waals surface area contributed by atoms with Crippen molar-refractivity contribution in [1.82, 2.24) is 15.1 Å². The number of benzene rings is 1. The highest BCUT2D eigenvalue weighted by molar-refractivity contribution is 5.77. The Kier molecular flexibility index (Phi) is 7.53. The van der Waals surface area contributed by atoms with E-state index in [1.165, 1.54) is 24.9 Å². The van der Waals surface area contributed by atoms with Crippen molar-refractivity contribution >= 4 is 5.96 Å². The van der Waals surface area contributed by atoms with Gasteiger partial charge in [-0.3, -0.25) is 9.89 Å². The highest BCUT2D eigenvalue weighted by Gasteiger charge is 2.22. The van der Waals surface area contributed by atoms with E-state index in [4.69, 9.17) is 5.73 Å². The molecule has 5 nitrogen and oxygen atoms in total. The molecule has 1 aliphatic heterocycles. The number of nitrogens with two attached hydrogens (primary N) is 1. The maximum Gasteiger partial charge on any atom is 0.188 e. The number of nitrogens with zero attached hydrogens (tertiary/aromatic N) is 3. The second-order valence-corrected chi connectivity index (χ2v) is 6.84. The van der Waals surface area contributed by atoms with Gasteiger partial charge >= 0.3 is 0 Å². The summed E-state index contributed by atoms with van der Waals surface area (Å²) in [6.45, 7) is 6.15. The molecule has 2 unspecified atom stereocenters. The Morgan fingerprint density at radius 3 is 2.79 bits per heavy atom. The summed E-state index contributed by atoms with van der Waals surface area (Å²) in [7, 11) is 4.20. The third-order valence-electron chi connectivity index (χ3n) is 4.94. The second kappa shape index (κ2) is 9.64. The molecule has 1 heterocycles. The van der Waals surface area contributed by atoms with Gasteiger partial charge in [0.1, 0.15) is 0 Å². The van der Waals surface area contributed by atoms with Crippen LogP contribution in [-0.4, -0.2) is 68.1 Å². The standard InChI is InChI=1S/C19H33N5/c1-4-24-12-8-11-17(24)14-21-19(20)22-15-18(23(2)3)13-16-9-6-5-7-10-16/h5-7,9-10,17-18H,4,8,11-15H2,1-3H3,(H3,20,21,22). The molecular weight excluding hydrogens is 298 g/mol. The molecule has 2 rings (SSSR count). The first-order chi connectivity index (χ1) is 11.6. The molecule has 0 bridgehead atoms. The largest absolute Gasteiger partial charge is 0.370 e. The summed E-state index contributed by atoms with van der Waals surface area (Å²) in [6.07, 6.45) is 3.52. The van der Waals surface area contributed by atoms with Gasteiger partial charge in [0.25, 0.3) is 0 Å². The van der Waals surface area contributed by atoms with E-state index < -0.39 is 0 Å². The van der Waals surface area contributed by atoms with E-state index in [1.54, 1.807) is 0 Å². The van der Waals surface area contributed by atoms with Crippen LogP contribution >= 0.6 is 0 Å². The van der Waals surface area contributed by atoms with Gasteiger partial charge in [0.15, 0.2) is 5.96 Å². The molecule has 1 aromatic rings. The predicted molar refractivity (Wildman–Crippen MR) is 102 cm³/mol. The van der Waals surface area contributed by atoms with E-state index in [1.807, 2.05) is 0 Å². The Balaban J connectivity index is 1.82. The Morgan fingerprint density at radius 1 is 1.38 bits per heavy atom. The van der Waals surface area contributed by atoms with Gasteiger partial charge < -0.3 is 16.0 Å². The van der Waals surface area contributed by atoms with Crippen LogP contribution in [0.1, 0.15) is 25.3 Å². The van der Waals surface area contributed by atoms with Gasteiger partial charge in [-0.05, 0) is 52.0 Å². The van der Waals surface area contributed by atoms with Crippen LogP contribution in [-0.2, 0) is 6.42 Å². The summed E-state index contributed by atoms with van der Waals surface area (Å²) in [6, 6.07) is 11.5. The van der Waals surface area contributed by atoms with Gasteiger partial charge in [-0.15, -0.1) is 0 Å². The first-order valence-corrected chi connectivity index (χ1v) is 9.08. The van der Waals surface area contributed by atoms with E-state index in [2.05, 4.69) is 71.5 Å². The molecule has 0 saturated carbocycles. The van der Waals surface area contributed by atoms with Crippen LogP contribution in [0.3, 0.4) is 0 Å². The quantitative estimate of drug-likeness (QED) is 0.560. The Hall–Kier alpha value is -1.59. The molecule has 1 aliphatic rings. The van der Waals surface area contributed by atoms with Crippen LogP contribution in [0.5, 0.6) is 0 Å². The summed E-state index contributed by atoms with van der Waals surface area (Å²) >= 11 is 0. The molecule has 2 atom stereocenters. The molecule has 0 radical (unpaired) electrons. The van der Waals surface area contributed by atoms with Crippen LogP contribution in [0.25, 0.3) is 0 Å². The van der Waals surface area contributed by atoms with Gasteiger partial charge in [-0.1, -0.05) is 37.3 Å². The van der Waals surface area contributed by atoms with Crippen molar-refractivity contribution in [3.8, 4) is 0 Å². The van der Waals surface area contributed by atoms with Crippen molar-refractivity contribution in [3.05, 3.63) is 35.9 Å². The minimum atomic E-state index is 0.353. The van der Waals surface area contributed by atoms with E-state index in [0.29, 0.717) is 24.6 Å². The van der Waals surface area contributed by atoms with E-state index >= 15 is 0 Å². The predicted octanol–water partition coefficient (Wildman–Crippen LogP) is 1.55. The minimum Gasteiger partial charge on any atom is -0.370 e. The molecule has 1 aromatic carbocycles. The number of aliphatic imine (C=N–C) groups is 1. The Labute approximate surface area is 146 Å². The third kappa shape index (κ3) is 5.80. The third-order valence-corrected chi connectivity index (χ3v) is 4.94. The lowest BCUT2D eigenvalue weighted by atomic mass is 10.1. The number of nitrogens with one attached hydrogen (secondary N) is 1. The van der Waals surface area contributed by atoms with Gasteiger partial charge in [0.2, 0.25) is 0 Å². The van der Waals surface area contributed by atoms with Crippen molar-refractivity contribution in [2.24, 2.45) is 10.7 Å². The fourth-order valence-electron chi connectivity index (χ4n) is 3.32. The van der Waals surface area contributed by atoms with Gasteiger partial charge in [-0.25, -0.2) is 0 Å². The smallest absolute Gasteiger partial charge is 0.188 e. The zero-order valence-corrected chi connectivity index (χ0v) is 15.4. The molecule has 0 aromatic heterocycles. The molecule has 3 N–H and O–H groups in total. The molecule has 24 heavy (non-hydrogen) atoms. The topological polar surface area (TPSA) is 56.9 Å². The SMILES string of the molecule is CCN1CCCC1CNC(N)=NCC(Cc1ccccc1)N(C)C. The monoisotopic (exact) mass is 331 g/mol. The number of hydrogen-bond acceptors (Lipinski definition) is 3. The summed E-state index contributed by atoms with van der Waals surface area (Å²) < 4.78 is 0. The summed E-state index contributed by atoms with van der Waals surface area (Å²) in [4.78, 5) is 9.31. The van der Waals surface area contributed by atoms with Crippen LogP contribution in [0.4, 0.5) is 0 Å². The maximum absolute atomic E-state index is 6.08. The lowest BCUT2D eigenvalue weighted by molar-refractivity contribution is 0.267. The highest BCUT2D eigenvalue weighted by Crippen LogP contribution is 2.15. The molecule has 0 amide bonds. The number of rotatable bonds is 8. The van der Waals surface area contributed by atoms with Crippen molar-refractivity contribution in [2.45, 2.75) is 38.3 Å². The zero-order valence-electron chi connectivity index (χ0n) is 15.4. The van der Waals surface area contributed by atoms with Gasteiger partial charge in [-0.2, -0.15) is 0 Å². The van der Waals surface area contributed by atoms with Crippen molar-refractivity contribution in [3.63, 3.8) is 0 Å². The van der Waals surface area contributed by atoms with Crippen LogP contribution in [0, 0.1) is 0 Å². The van der Waals surface area contributed by atoms with Gasteiger partial charge in [0, 0.05) is 18.6 Å². The summed E-state index contributed by atoms with van der Waals surface area (Å²) in [5, 5.41) is 3.31. The summed E-state index contributed by atoms with van der Waals surface area (Å²) in [5.41, 5.74) is 7.42. The average Bonchev–Trinajstić information content (AvgIpc) is 3.05. The minimum absolute atomic E-state index is 0.353. The Morgan fingerprint density at radius 2 is 2.12 bits per heavy atom. The molecular formula is C19H33N5. The fourth-order valence-corrected chi connectivity index (χ4v) is 3.32. The molecule has 0 spiro atoms. The van der Waals surface area contributed by atoms with Gasteiger partial charge in [0.05, 0.1) is 6.54 Å².